The number of fused-ring (bicyclic) bond motifs is 7. The molecule has 338 valence electrons. The fourth-order valence-corrected chi connectivity index (χ4v) is 13.1. The van der Waals surface area contributed by atoms with Gasteiger partial charge < -0.3 is 78.7 Å². The highest BCUT2D eigenvalue weighted by Gasteiger charge is 2.75. The number of rotatable bonds is 8. The molecule has 9 aliphatic rings. The van der Waals surface area contributed by atoms with Gasteiger partial charge in [0.05, 0.1) is 25.4 Å². The standard InChI is InChI=1S/C43H64O17/c1-18-16-54-42(5)43(18,52)36-34(60-42)28(37(51)59-36)25-9-8-23-22-7-6-20-14-21(10-12-40(20,3)24(22)11-13-41(23,25)4)55-39-35(32(49)30(47)27(57-39)17-53-19(2)45)58-38-33(50)31(48)29(46)26(15-44)56-38/h8,18,20-21,25-39,44,46-52H,6-7,9-17H2,1-5H3/t18-,20-,21-,25?,26+,27+,28?,29-,30+,31-,32-,33+,34+,35+,36-,37-,38-,39+,40-,41-,42-,43?/m0/s1. The van der Waals surface area contributed by atoms with Crippen LogP contribution >= 0.6 is 0 Å². The van der Waals surface area contributed by atoms with E-state index in [-0.39, 0.29) is 47.2 Å². The molecule has 8 N–H and O–H groups in total. The Balaban J connectivity index is 0.909. The Hall–Kier alpha value is -1.65. The van der Waals surface area contributed by atoms with Gasteiger partial charge in [-0.25, -0.2) is 0 Å². The summed E-state index contributed by atoms with van der Waals surface area (Å²) in [6.07, 6.45) is -9.00. The lowest BCUT2D eigenvalue weighted by molar-refractivity contribution is -0.373. The molecule has 4 aliphatic carbocycles. The largest absolute Gasteiger partial charge is 0.463 e. The molecule has 0 aromatic rings. The Kier molecular flexibility index (Phi) is 11.3. The van der Waals surface area contributed by atoms with Crippen LogP contribution in [0.3, 0.4) is 0 Å². The maximum atomic E-state index is 11.9. The summed E-state index contributed by atoms with van der Waals surface area (Å²) in [5, 5.41) is 86.9. The third-order valence-electron chi connectivity index (χ3n) is 16.7. The van der Waals surface area contributed by atoms with E-state index in [1.807, 2.05) is 6.92 Å². The van der Waals surface area contributed by atoms with Crippen molar-refractivity contribution in [3.8, 4) is 0 Å². The highest BCUT2D eigenvalue weighted by atomic mass is 16.8. The van der Waals surface area contributed by atoms with Crippen LogP contribution < -0.4 is 0 Å². The number of hydrogen-bond donors (Lipinski definition) is 8. The zero-order valence-corrected chi connectivity index (χ0v) is 35.0. The van der Waals surface area contributed by atoms with Crippen molar-refractivity contribution in [2.75, 3.05) is 19.8 Å². The molecule has 5 aliphatic heterocycles. The highest BCUT2D eigenvalue weighted by molar-refractivity contribution is 5.65. The predicted molar refractivity (Wildman–Crippen MR) is 204 cm³/mol. The Morgan fingerprint density at radius 2 is 1.60 bits per heavy atom. The Morgan fingerprint density at radius 3 is 2.33 bits per heavy atom. The first-order valence-electron chi connectivity index (χ1n) is 21.9. The van der Waals surface area contributed by atoms with Gasteiger partial charge in [-0.3, -0.25) is 4.79 Å². The van der Waals surface area contributed by atoms with Crippen molar-refractivity contribution >= 4 is 5.97 Å². The second-order valence-corrected chi connectivity index (χ2v) is 19.7. The van der Waals surface area contributed by atoms with Crippen molar-refractivity contribution < 1.29 is 83.5 Å². The molecular formula is C43H64O17. The predicted octanol–water partition coefficient (Wildman–Crippen LogP) is 0.0555. The lowest BCUT2D eigenvalue weighted by Gasteiger charge is -2.54. The summed E-state index contributed by atoms with van der Waals surface area (Å²) in [6, 6.07) is 0. The van der Waals surface area contributed by atoms with Gasteiger partial charge in [-0.05, 0) is 92.1 Å². The van der Waals surface area contributed by atoms with Gasteiger partial charge in [0.1, 0.15) is 61.5 Å². The van der Waals surface area contributed by atoms with Crippen molar-refractivity contribution in [1.29, 1.82) is 0 Å². The summed E-state index contributed by atoms with van der Waals surface area (Å²) in [5.41, 5.74) is 2.55. The minimum Gasteiger partial charge on any atom is -0.463 e. The fraction of sp³-hybridized carbons (Fsp3) is 0.884. The molecule has 1 saturated carbocycles. The van der Waals surface area contributed by atoms with Crippen molar-refractivity contribution in [3.05, 3.63) is 22.8 Å². The van der Waals surface area contributed by atoms with Crippen molar-refractivity contribution in [1.82, 2.24) is 0 Å². The van der Waals surface area contributed by atoms with Crippen LogP contribution in [-0.2, 0) is 42.7 Å². The van der Waals surface area contributed by atoms with E-state index in [9.17, 15) is 45.6 Å². The number of carbonyl (C=O) groups excluding carboxylic acids is 1. The van der Waals surface area contributed by atoms with E-state index in [1.54, 1.807) is 6.92 Å². The summed E-state index contributed by atoms with van der Waals surface area (Å²) in [6.45, 7) is 8.90. The minimum atomic E-state index is -1.77. The van der Waals surface area contributed by atoms with Crippen molar-refractivity contribution in [2.45, 2.75) is 183 Å². The molecule has 3 unspecified atom stereocenters. The molecule has 22 atom stereocenters. The van der Waals surface area contributed by atoms with Crippen molar-refractivity contribution in [3.63, 3.8) is 0 Å². The van der Waals surface area contributed by atoms with Crippen LogP contribution in [0.5, 0.6) is 0 Å². The lowest BCUT2D eigenvalue weighted by atomic mass is 9.51. The van der Waals surface area contributed by atoms with E-state index in [1.165, 1.54) is 23.6 Å². The van der Waals surface area contributed by atoms with Gasteiger partial charge in [-0.1, -0.05) is 32.4 Å². The quantitative estimate of drug-likeness (QED) is 0.150. The van der Waals surface area contributed by atoms with E-state index in [2.05, 4.69) is 19.9 Å². The van der Waals surface area contributed by atoms with Crippen LogP contribution in [0, 0.1) is 34.5 Å². The summed E-state index contributed by atoms with van der Waals surface area (Å²) >= 11 is 0. The SMILES string of the molecule is CC(=O)OC[C@H]1O[C@@H](O[C@H]2CC[C@]3(C)C4=C(CC[C@H]3C2)C2=CCC(C3[C@H]5O[C@]6(C)OC[C@H](C)C6(O)[C@H]5O[C@@H]3O)[C@@]2(C)CC4)[C@H](O[C@@H]2O[C@H](CO)[C@H](O)[C@H](O)[C@H]2O)[C@@H](O)[C@@H]1O. The summed E-state index contributed by atoms with van der Waals surface area (Å²) < 4.78 is 48.1. The number of esters is 1. The molecule has 5 saturated heterocycles. The van der Waals surface area contributed by atoms with Gasteiger partial charge in [0, 0.05) is 18.8 Å². The molecular weight excluding hydrogens is 788 g/mol. The topological polar surface area (TPSA) is 253 Å². The number of allylic oxidation sites excluding steroid dienone is 4. The Bertz CT molecular complexity index is 1720. The fourth-order valence-electron chi connectivity index (χ4n) is 13.1. The molecule has 0 bridgehead atoms. The molecule has 60 heavy (non-hydrogen) atoms. The first-order chi connectivity index (χ1) is 28.4. The van der Waals surface area contributed by atoms with Crippen LogP contribution in [0.2, 0.25) is 0 Å². The number of aliphatic hydroxyl groups excluding tert-OH is 7. The van der Waals surface area contributed by atoms with E-state index in [0.29, 0.717) is 19.4 Å². The second kappa shape index (κ2) is 15.5. The van der Waals surface area contributed by atoms with Gasteiger partial charge in [-0.2, -0.15) is 0 Å². The minimum absolute atomic E-state index is 0.0507. The van der Waals surface area contributed by atoms with E-state index in [0.717, 1.165) is 38.5 Å². The van der Waals surface area contributed by atoms with Gasteiger partial charge in [0.25, 0.3) is 0 Å². The van der Waals surface area contributed by atoms with Gasteiger partial charge in [0.15, 0.2) is 30.3 Å². The molecule has 0 amide bonds. The maximum Gasteiger partial charge on any atom is 0.302 e. The molecule has 17 nitrogen and oxygen atoms in total. The first kappa shape index (κ1) is 43.6. The summed E-state index contributed by atoms with van der Waals surface area (Å²) in [7, 11) is 0. The second-order valence-electron chi connectivity index (χ2n) is 19.7. The van der Waals surface area contributed by atoms with Crippen LogP contribution in [0.15, 0.2) is 22.8 Å². The zero-order valence-electron chi connectivity index (χ0n) is 35.0. The van der Waals surface area contributed by atoms with Gasteiger partial charge in [0.2, 0.25) is 0 Å². The summed E-state index contributed by atoms with van der Waals surface area (Å²) in [5.74, 6) is -2.04. The van der Waals surface area contributed by atoms with Gasteiger partial charge >= 0.3 is 5.97 Å². The van der Waals surface area contributed by atoms with E-state index < -0.39 is 104 Å². The molecule has 17 heteroatoms. The molecule has 0 aromatic carbocycles. The van der Waals surface area contributed by atoms with E-state index in [4.69, 9.17) is 37.9 Å². The maximum absolute atomic E-state index is 11.9. The summed E-state index contributed by atoms with van der Waals surface area (Å²) in [4.78, 5) is 11.7. The average Bonchev–Trinajstić information content (AvgIpc) is 3.86. The van der Waals surface area contributed by atoms with Crippen LogP contribution in [0.25, 0.3) is 0 Å². The normalized spacial score (nSPS) is 54.8. The third-order valence-corrected chi connectivity index (χ3v) is 16.7. The molecule has 0 spiro atoms. The first-order valence-corrected chi connectivity index (χ1v) is 21.9. The average molecular weight is 853 g/mol. The van der Waals surface area contributed by atoms with Crippen molar-refractivity contribution in [2.24, 2.45) is 34.5 Å². The molecule has 9 rings (SSSR count). The highest BCUT2D eigenvalue weighted by Crippen LogP contribution is 2.67. The van der Waals surface area contributed by atoms with Gasteiger partial charge in [-0.15, -0.1) is 0 Å². The number of aliphatic hydroxyl groups is 8. The zero-order chi connectivity index (χ0) is 42.8. The lowest BCUT2D eigenvalue weighted by Crippen LogP contribution is -2.65. The molecule has 6 fully saturated rings. The number of hydrogen-bond acceptors (Lipinski definition) is 17. The van der Waals surface area contributed by atoms with Crippen LogP contribution in [-0.4, -0.2) is 164 Å². The van der Waals surface area contributed by atoms with Crippen LogP contribution in [0.4, 0.5) is 0 Å². The third kappa shape index (κ3) is 6.47. The molecule has 0 aromatic heterocycles. The molecule has 5 heterocycles. The Labute approximate surface area is 349 Å². The monoisotopic (exact) mass is 852 g/mol. The van der Waals surface area contributed by atoms with E-state index >= 15 is 0 Å². The number of carbonyl (C=O) groups is 1. The van der Waals surface area contributed by atoms with Crippen LogP contribution in [0.1, 0.15) is 86.0 Å². The Morgan fingerprint density at radius 1 is 0.867 bits per heavy atom. The number of ether oxygens (including phenoxy) is 8. The smallest absolute Gasteiger partial charge is 0.302 e. The molecule has 0 radical (unpaired) electrons.